The third-order valence-corrected chi connectivity index (χ3v) is 5.10. The predicted octanol–water partition coefficient (Wildman–Crippen LogP) is 5.13. The summed E-state index contributed by atoms with van der Waals surface area (Å²) in [6.45, 7) is 8.01. The fourth-order valence-electron chi connectivity index (χ4n) is 2.92. The highest BCUT2D eigenvalue weighted by Gasteiger charge is 2.20. The maximum atomic E-state index is 14.5. The Morgan fingerprint density at radius 2 is 1.52 bits per heavy atom. The van der Waals surface area contributed by atoms with Crippen LogP contribution in [0.1, 0.15) is 39.4 Å². The van der Waals surface area contributed by atoms with E-state index in [4.69, 9.17) is 0 Å². The number of halogens is 2. The molecule has 1 atom stereocenters. The molecular formula is C18H21BrFN. The number of nitrogens with one attached hydrogen (secondary N) is 1. The van der Waals surface area contributed by atoms with Crippen LogP contribution in [0.3, 0.4) is 0 Å². The van der Waals surface area contributed by atoms with Crippen LogP contribution in [-0.4, -0.2) is 7.05 Å². The maximum absolute atomic E-state index is 14.5. The monoisotopic (exact) mass is 349 g/mol. The molecular weight excluding hydrogens is 329 g/mol. The van der Waals surface area contributed by atoms with Gasteiger partial charge in [0.2, 0.25) is 0 Å². The van der Waals surface area contributed by atoms with Gasteiger partial charge in [0.1, 0.15) is 5.82 Å². The number of rotatable bonds is 3. The molecule has 3 heteroatoms. The average molecular weight is 350 g/mol. The molecule has 0 fully saturated rings. The first-order valence-corrected chi connectivity index (χ1v) is 7.85. The molecule has 0 radical (unpaired) electrons. The second-order valence-electron chi connectivity index (χ2n) is 5.67. The fraction of sp³-hybridized carbons (Fsp3) is 0.333. The standard InChI is InChI=1S/C18H21BrFN/c1-10-6-11(2)16(15(20)7-10)18(21-5)14-8-12(3)17(19)13(4)9-14/h6-9,18,21H,1-5H3. The molecule has 2 aromatic rings. The molecule has 1 unspecified atom stereocenters. The highest BCUT2D eigenvalue weighted by atomic mass is 79.9. The van der Waals surface area contributed by atoms with Gasteiger partial charge in [0.15, 0.2) is 0 Å². The average Bonchev–Trinajstić information content (AvgIpc) is 2.39. The summed E-state index contributed by atoms with van der Waals surface area (Å²) in [5.41, 5.74) is 6.06. The van der Waals surface area contributed by atoms with Crippen molar-refractivity contribution in [3.63, 3.8) is 0 Å². The van der Waals surface area contributed by atoms with Gasteiger partial charge in [-0.2, -0.15) is 0 Å². The van der Waals surface area contributed by atoms with Crippen LogP contribution in [-0.2, 0) is 0 Å². The Kier molecular flexibility index (Phi) is 4.84. The van der Waals surface area contributed by atoms with Crippen LogP contribution in [0, 0.1) is 33.5 Å². The van der Waals surface area contributed by atoms with Crippen molar-refractivity contribution in [3.05, 3.63) is 67.9 Å². The van der Waals surface area contributed by atoms with E-state index in [9.17, 15) is 4.39 Å². The molecule has 0 saturated carbocycles. The van der Waals surface area contributed by atoms with Gasteiger partial charge in [0, 0.05) is 10.0 Å². The van der Waals surface area contributed by atoms with Crippen molar-refractivity contribution in [2.24, 2.45) is 0 Å². The van der Waals surface area contributed by atoms with Gasteiger partial charge in [-0.05, 0) is 68.6 Å². The van der Waals surface area contributed by atoms with Crippen LogP contribution >= 0.6 is 15.9 Å². The maximum Gasteiger partial charge on any atom is 0.128 e. The number of hydrogen-bond donors (Lipinski definition) is 1. The van der Waals surface area contributed by atoms with E-state index in [0.29, 0.717) is 0 Å². The zero-order valence-corrected chi connectivity index (χ0v) is 14.7. The lowest BCUT2D eigenvalue weighted by Gasteiger charge is -2.22. The van der Waals surface area contributed by atoms with E-state index in [1.54, 1.807) is 6.07 Å². The van der Waals surface area contributed by atoms with Gasteiger partial charge in [0.25, 0.3) is 0 Å². The van der Waals surface area contributed by atoms with Crippen LogP contribution in [0.25, 0.3) is 0 Å². The second kappa shape index (κ2) is 6.29. The minimum absolute atomic E-state index is 0.143. The topological polar surface area (TPSA) is 12.0 Å². The van der Waals surface area contributed by atoms with Crippen LogP contribution in [0.15, 0.2) is 28.7 Å². The Labute approximate surface area is 134 Å². The molecule has 0 aliphatic heterocycles. The number of aryl methyl sites for hydroxylation is 4. The Bertz CT molecular complexity index is 633. The molecule has 0 bridgehead atoms. The van der Waals surface area contributed by atoms with E-state index in [1.165, 1.54) is 0 Å². The minimum atomic E-state index is -0.148. The van der Waals surface area contributed by atoms with Gasteiger partial charge in [-0.1, -0.05) is 34.1 Å². The summed E-state index contributed by atoms with van der Waals surface area (Å²) in [5, 5.41) is 3.25. The van der Waals surface area contributed by atoms with E-state index >= 15 is 0 Å². The lowest BCUT2D eigenvalue weighted by atomic mass is 9.91. The molecule has 21 heavy (non-hydrogen) atoms. The minimum Gasteiger partial charge on any atom is -0.309 e. The van der Waals surface area contributed by atoms with Gasteiger partial charge in [-0.15, -0.1) is 0 Å². The quantitative estimate of drug-likeness (QED) is 0.809. The molecule has 0 amide bonds. The first-order chi connectivity index (χ1) is 9.85. The van der Waals surface area contributed by atoms with Crippen LogP contribution < -0.4 is 5.32 Å². The summed E-state index contributed by atoms with van der Waals surface area (Å²) in [5.74, 6) is -0.148. The normalized spacial score (nSPS) is 12.5. The molecule has 0 spiro atoms. The van der Waals surface area contributed by atoms with E-state index in [-0.39, 0.29) is 11.9 Å². The SMILES string of the molecule is CNC(c1cc(C)c(Br)c(C)c1)c1c(C)cc(C)cc1F. The molecule has 0 aliphatic rings. The molecule has 0 saturated heterocycles. The Balaban J connectivity index is 2.60. The van der Waals surface area contributed by atoms with Gasteiger partial charge >= 0.3 is 0 Å². The van der Waals surface area contributed by atoms with Crippen molar-refractivity contribution in [2.45, 2.75) is 33.7 Å². The second-order valence-corrected chi connectivity index (χ2v) is 6.46. The third-order valence-electron chi connectivity index (χ3n) is 3.85. The van der Waals surface area contributed by atoms with Gasteiger partial charge < -0.3 is 5.32 Å². The highest BCUT2D eigenvalue weighted by molar-refractivity contribution is 9.10. The van der Waals surface area contributed by atoms with Crippen molar-refractivity contribution in [1.29, 1.82) is 0 Å². The lowest BCUT2D eigenvalue weighted by Crippen LogP contribution is -2.20. The summed E-state index contributed by atoms with van der Waals surface area (Å²) in [6, 6.07) is 7.71. The summed E-state index contributed by atoms with van der Waals surface area (Å²) >= 11 is 3.58. The van der Waals surface area contributed by atoms with Gasteiger partial charge in [-0.25, -0.2) is 4.39 Å². The van der Waals surface area contributed by atoms with Crippen molar-refractivity contribution in [3.8, 4) is 0 Å². The van der Waals surface area contributed by atoms with E-state index in [2.05, 4.69) is 47.2 Å². The third kappa shape index (κ3) is 3.19. The summed E-state index contributed by atoms with van der Waals surface area (Å²) in [7, 11) is 1.87. The Morgan fingerprint density at radius 3 is 2.00 bits per heavy atom. The van der Waals surface area contributed by atoms with Crippen LogP contribution in [0.4, 0.5) is 4.39 Å². The van der Waals surface area contributed by atoms with Gasteiger partial charge in [0.05, 0.1) is 6.04 Å². The fourth-order valence-corrected chi connectivity index (χ4v) is 3.15. The van der Waals surface area contributed by atoms with E-state index < -0.39 is 0 Å². The summed E-state index contributed by atoms with van der Waals surface area (Å²) in [4.78, 5) is 0. The zero-order chi connectivity index (χ0) is 15.7. The molecule has 2 aromatic carbocycles. The van der Waals surface area contributed by atoms with Crippen LogP contribution in [0.5, 0.6) is 0 Å². The smallest absolute Gasteiger partial charge is 0.128 e. The number of benzene rings is 2. The molecule has 0 aliphatic carbocycles. The first-order valence-electron chi connectivity index (χ1n) is 7.05. The predicted molar refractivity (Wildman–Crippen MR) is 90.4 cm³/mol. The lowest BCUT2D eigenvalue weighted by molar-refractivity contribution is 0.572. The van der Waals surface area contributed by atoms with E-state index in [0.717, 1.165) is 37.9 Å². The molecule has 112 valence electrons. The highest BCUT2D eigenvalue weighted by Crippen LogP contribution is 2.31. The Hall–Kier alpha value is -1.19. The van der Waals surface area contributed by atoms with Crippen molar-refractivity contribution < 1.29 is 4.39 Å². The van der Waals surface area contributed by atoms with Crippen molar-refractivity contribution in [1.82, 2.24) is 5.32 Å². The summed E-state index contributed by atoms with van der Waals surface area (Å²) < 4.78 is 15.6. The van der Waals surface area contributed by atoms with Crippen molar-refractivity contribution in [2.75, 3.05) is 7.05 Å². The van der Waals surface area contributed by atoms with Crippen LogP contribution in [0.2, 0.25) is 0 Å². The molecule has 1 N–H and O–H groups in total. The van der Waals surface area contributed by atoms with Gasteiger partial charge in [-0.3, -0.25) is 0 Å². The van der Waals surface area contributed by atoms with E-state index in [1.807, 2.05) is 27.0 Å². The Morgan fingerprint density at radius 1 is 0.952 bits per heavy atom. The zero-order valence-electron chi connectivity index (χ0n) is 13.1. The first kappa shape index (κ1) is 16.2. The molecule has 0 heterocycles. The van der Waals surface area contributed by atoms with Crippen molar-refractivity contribution >= 4 is 15.9 Å². The number of hydrogen-bond acceptors (Lipinski definition) is 1. The largest absolute Gasteiger partial charge is 0.309 e. The summed E-state index contributed by atoms with van der Waals surface area (Å²) in [6.07, 6.45) is 0. The molecule has 0 aromatic heterocycles. The molecule has 1 nitrogen and oxygen atoms in total. The molecule has 2 rings (SSSR count).